The maximum atomic E-state index is 6.11. The molecule has 0 aromatic heterocycles. The molecule has 1 aliphatic heterocycles. The van der Waals surface area contributed by atoms with Gasteiger partial charge in [-0.3, -0.25) is 0 Å². The van der Waals surface area contributed by atoms with Crippen molar-refractivity contribution < 1.29 is 26.2 Å². The molecule has 1 fully saturated rings. The Bertz CT molecular complexity index is 703. The van der Waals surface area contributed by atoms with Gasteiger partial charge in [0.25, 0.3) is 0 Å². The molecular formula is C27H40BrNO. The summed E-state index contributed by atoms with van der Waals surface area (Å²) in [6, 6.07) is 17.5. The summed E-state index contributed by atoms with van der Waals surface area (Å²) in [5, 5.41) is 0. The monoisotopic (exact) mass is 473 g/mol. The summed E-state index contributed by atoms with van der Waals surface area (Å²) in [4.78, 5) is 0. The summed E-state index contributed by atoms with van der Waals surface area (Å²) in [5.41, 5.74) is 4.00. The zero-order valence-corrected chi connectivity index (χ0v) is 20.6. The molecule has 0 amide bonds. The van der Waals surface area contributed by atoms with Crippen molar-refractivity contribution in [1.82, 2.24) is 0 Å². The molecule has 0 bridgehead atoms. The van der Waals surface area contributed by atoms with E-state index in [9.17, 15) is 0 Å². The van der Waals surface area contributed by atoms with Crippen LogP contribution in [0.5, 0.6) is 5.75 Å². The van der Waals surface area contributed by atoms with E-state index in [1.165, 1.54) is 92.3 Å². The Morgan fingerprint density at radius 3 is 2.03 bits per heavy atom. The van der Waals surface area contributed by atoms with Crippen LogP contribution in [0.1, 0.15) is 68.1 Å². The van der Waals surface area contributed by atoms with Gasteiger partial charge in [-0.05, 0) is 69.9 Å². The second-order valence-corrected chi connectivity index (χ2v) is 9.05. The van der Waals surface area contributed by atoms with Gasteiger partial charge in [-0.25, -0.2) is 0 Å². The molecule has 1 aliphatic rings. The topological polar surface area (TPSA) is 9.23 Å². The highest BCUT2D eigenvalue weighted by Gasteiger charge is 2.27. The lowest BCUT2D eigenvalue weighted by Gasteiger charge is -2.40. The van der Waals surface area contributed by atoms with Crippen molar-refractivity contribution in [3.8, 4) is 5.75 Å². The molecule has 0 aliphatic carbocycles. The van der Waals surface area contributed by atoms with Crippen LogP contribution in [0.25, 0.3) is 0 Å². The fourth-order valence-electron chi connectivity index (χ4n) is 4.90. The minimum absolute atomic E-state index is 0. The number of hydrogen-bond acceptors (Lipinski definition) is 1. The number of nitrogens with zero attached hydrogens (tertiary/aromatic N) is 1. The number of benzene rings is 2. The second-order valence-electron chi connectivity index (χ2n) is 9.05. The van der Waals surface area contributed by atoms with Crippen LogP contribution in [-0.4, -0.2) is 30.7 Å². The SMILES string of the molecule is Cc1cccc(C)c1OCCCCC[N+]1(Cc2ccccc2)CCCCCCC1.[Br-]. The van der Waals surface area contributed by atoms with E-state index < -0.39 is 0 Å². The molecule has 2 nitrogen and oxygen atoms in total. The van der Waals surface area contributed by atoms with Crippen LogP contribution < -0.4 is 21.7 Å². The summed E-state index contributed by atoms with van der Waals surface area (Å²) >= 11 is 0. The van der Waals surface area contributed by atoms with Gasteiger partial charge in [0.15, 0.2) is 0 Å². The number of quaternary nitrogens is 1. The maximum Gasteiger partial charge on any atom is 0.125 e. The molecule has 1 heterocycles. The Hall–Kier alpha value is -1.32. The Labute approximate surface area is 195 Å². The molecule has 0 radical (unpaired) electrons. The normalized spacial score (nSPS) is 16.2. The molecule has 0 atom stereocenters. The summed E-state index contributed by atoms with van der Waals surface area (Å²) in [7, 11) is 0. The highest BCUT2D eigenvalue weighted by atomic mass is 79.9. The van der Waals surface area contributed by atoms with E-state index in [1.54, 1.807) is 0 Å². The van der Waals surface area contributed by atoms with Gasteiger partial charge in [0.05, 0.1) is 26.2 Å². The van der Waals surface area contributed by atoms with Crippen LogP contribution in [0.3, 0.4) is 0 Å². The van der Waals surface area contributed by atoms with Gasteiger partial charge in [-0.1, -0.05) is 55.0 Å². The molecule has 0 saturated carbocycles. The number of unbranched alkanes of at least 4 members (excludes halogenated alkanes) is 2. The van der Waals surface area contributed by atoms with Crippen LogP contribution in [0.15, 0.2) is 48.5 Å². The van der Waals surface area contributed by atoms with Gasteiger partial charge < -0.3 is 26.2 Å². The van der Waals surface area contributed by atoms with Crippen LogP contribution in [0.4, 0.5) is 0 Å². The fraction of sp³-hybridized carbons (Fsp3) is 0.556. The van der Waals surface area contributed by atoms with Gasteiger partial charge in [0.1, 0.15) is 12.3 Å². The van der Waals surface area contributed by atoms with E-state index in [4.69, 9.17) is 4.74 Å². The molecule has 0 N–H and O–H groups in total. The van der Waals surface area contributed by atoms with Crippen LogP contribution in [0.2, 0.25) is 0 Å². The van der Waals surface area contributed by atoms with E-state index >= 15 is 0 Å². The lowest BCUT2D eigenvalue weighted by molar-refractivity contribution is -0.942. The number of rotatable bonds is 9. The van der Waals surface area contributed by atoms with E-state index in [2.05, 4.69) is 62.4 Å². The van der Waals surface area contributed by atoms with Crippen molar-refractivity contribution in [1.29, 1.82) is 0 Å². The highest BCUT2D eigenvalue weighted by molar-refractivity contribution is 5.39. The molecule has 3 heteroatoms. The molecule has 1 saturated heterocycles. The third-order valence-corrected chi connectivity index (χ3v) is 6.56. The van der Waals surface area contributed by atoms with Crippen molar-refractivity contribution in [3.63, 3.8) is 0 Å². The first-order valence-electron chi connectivity index (χ1n) is 11.8. The smallest absolute Gasteiger partial charge is 0.125 e. The third kappa shape index (κ3) is 7.74. The van der Waals surface area contributed by atoms with Gasteiger partial charge >= 0.3 is 0 Å². The third-order valence-electron chi connectivity index (χ3n) is 6.56. The fourth-order valence-corrected chi connectivity index (χ4v) is 4.90. The van der Waals surface area contributed by atoms with Crippen molar-refractivity contribution in [2.75, 3.05) is 26.2 Å². The van der Waals surface area contributed by atoms with Gasteiger partial charge in [-0.2, -0.15) is 0 Å². The molecule has 166 valence electrons. The van der Waals surface area contributed by atoms with Crippen LogP contribution in [-0.2, 0) is 6.54 Å². The number of aryl methyl sites for hydroxylation is 2. The quantitative estimate of drug-likeness (QED) is 0.397. The lowest BCUT2D eigenvalue weighted by atomic mass is 10.0. The minimum atomic E-state index is 0. The number of ether oxygens (including phenoxy) is 1. The maximum absolute atomic E-state index is 6.11. The van der Waals surface area contributed by atoms with Gasteiger partial charge in [-0.15, -0.1) is 0 Å². The average molecular weight is 475 g/mol. The van der Waals surface area contributed by atoms with E-state index in [0.717, 1.165) is 18.8 Å². The van der Waals surface area contributed by atoms with E-state index in [-0.39, 0.29) is 17.0 Å². The second kappa shape index (κ2) is 13.2. The Balaban J connectivity index is 0.00000320. The number of likely N-dealkylation sites (tertiary alicyclic amines) is 1. The highest BCUT2D eigenvalue weighted by Crippen LogP contribution is 2.24. The van der Waals surface area contributed by atoms with Gasteiger partial charge in [0, 0.05) is 5.56 Å². The van der Waals surface area contributed by atoms with Gasteiger partial charge in [0.2, 0.25) is 0 Å². The molecule has 0 unspecified atom stereocenters. The first kappa shape index (κ1) is 24.9. The van der Waals surface area contributed by atoms with Crippen molar-refractivity contribution in [2.24, 2.45) is 0 Å². The predicted octanol–water partition coefficient (Wildman–Crippen LogP) is 3.84. The zero-order chi connectivity index (χ0) is 20.4. The Kier molecular flexibility index (Phi) is 11.0. The molecule has 3 rings (SSSR count). The zero-order valence-electron chi connectivity index (χ0n) is 19.0. The summed E-state index contributed by atoms with van der Waals surface area (Å²) in [6.45, 7) is 10.4. The Morgan fingerprint density at radius 2 is 1.37 bits per heavy atom. The molecule has 30 heavy (non-hydrogen) atoms. The molecule has 2 aromatic rings. The summed E-state index contributed by atoms with van der Waals surface area (Å²) in [5.74, 6) is 1.09. The molecular weight excluding hydrogens is 434 g/mol. The largest absolute Gasteiger partial charge is 1.00 e. The van der Waals surface area contributed by atoms with E-state index in [1.807, 2.05) is 0 Å². The van der Waals surface area contributed by atoms with Crippen molar-refractivity contribution in [3.05, 3.63) is 65.2 Å². The Morgan fingerprint density at radius 1 is 0.733 bits per heavy atom. The van der Waals surface area contributed by atoms with Crippen molar-refractivity contribution >= 4 is 0 Å². The number of hydrogen-bond donors (Lipinski definition) is 0. The summed E-state index contributed by atoms with van der Waals surface area (Å²) < 4.78 is 7.41. The number of halogens is 1. The molecule has 0 spiro atoms. The average Bonchev–Trinajstić information content (AvgIpc) is 2.70. The van der Waals surface area contributed by atoms with Crippen LogP contribution in [0, 0.1) is 13.8 Å². The predicted molar refractivity (Wildman–Crippen MR) is 123 cm³/mol. The van der Waals surface area contributed by atoms with E-state index in [0.29, 0.717) is 0 Å². The summed E-state index contributed by atoms with van der Waals surface area (Å²) in [6.07, 6.45) is 10.8. The minimum Gasteiger partial charge on any atom is -1.00 e. The first-order valence-corrected chi connectivity index (χ1v) is 11.8. The first-order chi connectivity index (χ1) is 14.2. The van der Waals surface area contributed by atoms with Crippen LogP contribution >= 0.6 is 0 Å². The lowest BCUT2D eigenvalue weighted by Crippen LogP contribution is -3.00. The van der Waals surface area contributed by atoms with Crippen molar-refractivity contribution in [2.45, 2.75) is 71.8 Å². The standard InChI is InChI=1S/C27H40NO.BrH/c1-24-15-14-16-25(2)27(24)29-22-13-7-12-21-28(19-10-4-3-5-11-20-28)23-26-17-8-6-9-18-26;/h6,8-9,14-18H,3-5,7,10-13,19-23H2,1-2H3;1H/q+1;/p-1. The number of para-hydroxylation sites is 1. The molecule has 2 aromatic carbocycles.